The van der Waals surface area contributed by atoms with Crippen LogP contribution >= 0.6 is 0 Å². The van der Waals surface area contributed by atoms with Crippen LogP contribution in [0.15, 0.2) is 48.5 Å². The van der Waals surface area contributed by atoms with Crippen molar-refractivity contribution in [3.63, 3.8) is 0 Å². The van der Waals surface area contributed by atoms with Crippen LogP contribution < -0.4 is 10.5 Å². The van der Waals surface area contributed by atoms with Crippen molar-refractivity contribution in [3.05, 3.63) is 65.2 Å². The second-order valence-corrected chi connectivity index (χ2v) is 6.65. The summed E-state index contributed by atoms with van der Waals surface area (Å²) < 4.78 is 11.1. The van der Waals surface area contributed by atoms with Gasteiger partial charge in [-0.3, -0.25) is 9.59 Å². The molecule has 1 fully saturated rings. The fourth-order valence-electron chi connectivity index (χ4n) is 3.02. The number of hydrogen-bond donors (Lipinski definition) is 2. The smallest absolute Gasteiger partial charge is 0.320 e. The van der Waals surface area contributed by atoms with Gasteiger partial charge in [0.15, 0.2) is 0 Å². The van der Waals surface area contributed by atoms with Gasteiger partial charge >= 0.3 is 5.97 Å². The van der Waals surface area contributed by atoms with Crippen LogP contribution in [0.25, 0.3) is 0 Å². The van der Waals surface area contributed by atoms with Gasteiger partial charge in [-0.05, 0) is 29.7 Å². The maximum absolute atomic E-state index is 13.0. The highest BCUT2D eigenvalue weighted by atomic mass is 16.5. The number of ether oxygens (including phenoxy) is 2. The highest BCUT2D eigenvalue weighted by Gasteiger charge is 2.24. The summed E-state index contributed by atoms with van der Waals surface area (Å²) in [6.07, 6.45) is 0.0692. The van der Waals surface area contributed by atoms with Crippen LogP contribution in [0.3, 0.4) is 0 Å². The summed E-state index contributed by atoms with van der Waals surface area (Å²) in [6, 6.07) is 13.8. The molecule has 1 heterocycles. The SMILES string of the molecule is NC(Cc1ccc(OCc2ccccc2)cc1C(=O)N1CCOCC1)C(=O)O. The fraction of sp³-hybridized carbons (Fsp3) is 0.333. The third-order valence-electron chi connectivity index (χ3n) is 4.62. The number of hydrogen-bond acceptors (Lipinski definition) is 5. The van der Waals surface area contributed by atoms with Gasteiger partial charge in [-0.15, -0.1) is 0 Å². The summed E-state index contributed by atoms with van der Waals surface area (Å²) in [5.41, 5.74) is 7.72. The van der Waals surface area contributed by atoms with E-state index in [-0.39, 0.29) is 12.3 Å². The molecule has 1 atom stereocenters. The first-order valence-electron chi connectivity index (χ1n) is 9.19. The summed E-state index contributed by atoms with van der Waals surface area (Å²) in [5, 5.41) is 9.12. The monoisotopic (exact) mass is 384 g/mol. The Morgan fingerprint density at radius 1 is 1.14 bits per heavy atom. The summed E-state index contributed by atoms with van der Waals surface area (Å²) in [5.74, 6) is -0.719. The Labute approximate surface area is 163 Å². The standard InChI is InChI=1S/C21H24N2O5/c22-19(21(25)26)12-16-6-7-17(28-14-15-4-2-1-3-5-15)13-18(16)20(24)23-8-10-27-11-9-23/h1-7,13,19H,8-12,14,22H2,(H,25,26). The van der Waals surface area contributed by atoms with E-state index >= 15 is 0 Å². The molecule has 3 rings (SSSR count). The van der Waals surface area contributed by atoms with E-state index in [2.05, 4.69) is 0 Å². The largest absolute Gasteiger partial charge is 0.489 e. The molecule has 1 saturated heterocycles. The molecule has 1 aliphatic heterocycles. The number of carbonyl (C=O) groups excluding carboxylic acids is 1. The van der Waals surface area contributed by atoms with Crippen LogP contribution in [0, 0.1) is 0 Å². The lowest BCUT2D eigenvalue weighted by Gasteiger charge is -2.28. The molecule has 1 aliphatic rings. The van der Waals surface area contributed by atoms with E-state index < -0.39 is 12.0 Å². The quantitative estimate of drug-likeness (QED) is 0.753. The van der Waals surface area contributed by atoms with Crippen molar-refractivity contribution in [2.45, 2.75) is 19.1 Å². The number of rotatable bonds is 7. The molecule has 7 heteroatoms. The van der Waals surface area contributed by atoms with Crippen LogP contribution in [-0.2, 0) is 22.6 Å². The number of benzene rings is 2. The topological polar surface area (TPSA) is 102 Å². The molecule has 2 aromatic rings. The third kappa shape index (κ3) is 5.09. The number of morpholine rings is 1. The van der Waals surface area contributed by atoms with Crippen LogP contribution in [0.5, 0.6) is 5.75 Å². The molecule has 0 radical (unpaired) electrons. The second kappa shape index (κ2) is 9.34. The number of amides is 1. The summed E-state index contributed by atoms with van der Waals surface area (Å²) in [4.78, 5) is 25.9. The molecule has 28 heavy (non-hydrogen) atoms. The highest BCUT2D eigenvalue weighted by molar-refractivity contribution is 5.96. The first kappa shape index (κ1) is 19.9. The maximum atomic E-state index is 13.0. The number of nitrogens with zero attached hydrogens (tertiary/aromatic N) is 1. The van der Waals surface area contributed by atoms with Crippen LogP contribution in [-0.4, -0.2) is 54.2 Å². The van der Waals surface area contributed by atoms with E-state index in [9.17, 15) is 9.59 Å². The average molecular weight is 384 g/mol. The van der Waals surface area contributed by atoms with Crippen LogP contribution in [0.4, 0.5) is 0 Å². The molecule has 148 valence electrons. The lowest BCUT2D eigenvalue weighted by molar-refractivity contribution is -0.138. The van der Waals surface area contributed by atoms with E-state index in [1.807, 2.05) is 30.3 Å². The zero-order valence-electron chi connectivity index (χ0n) is 15.5. The Bertz CT molecular complexity index is 819. The van der Waals surface area contributed by atoms with Gasteiger partial charge in [-0.2, -0.15) is 0 Å². The molecule has 1 unspecified atom stereocenters. The van der Waals surface area contributed by atoms with Gasteiger partial charge in [0.2, 0.25) is 0 Å². The molecule has 1 amide bonds. The van der Waals surface area contributed by atoms with Crippen LogP contribution in [0.1, 0.15) is 21.5 Å². The molecular formula is C21H24N2O5. The Hall–Kier alpha value is -2.90. The number of nitrogens with two attached hydrogens (primary N) is 1. The van der Waals surface area contributed by atoms with E-state index in [1.54, 1.807) is 23.1 Å². The van der Waals surface area contributed by atoms with Crippen molar-refractivity contribution >= 4 is 11.9 Å². The van der Waals surface area contributed by atoms with Gasteiger partial charge in [0.25, 0.3) is 5.91 Å². The van der Waals surface area contributed by atoms with E-state index in [4.69, 9.17) is 20.3 Å². The fourth-order valence-corrected chi connectivity index (χ4v) is 3.02. The lowest BCUT2D eigenvalue weighted by atomic mass is 9.99. The summed E-state index contributed by atoms with van der Waals surface area (Å²) in [6.45, 7) is 2.34. The Morgan fingerprint density at radius 2 is 1.86 bits per heavy atom. The molecule has 2 aromatic carbocycles. The van der Waals surface area contributed by atoms with E-state index in [0.29, 0.717) is 49.8 Å². The first-order valence-corrected chi connectivity index (χ1v) is 9.19. The van der Waals surface area contributed by atoms with Crippen molar-refractivity contribution < 1.29 is 24.2 Å². The molecule has 0 saturated carbocycles. The molecule has 0 spiro atoms. The maximum Gasteiger partial charge on any atom is 0.320 e. The number of carbonyl (C=O) groups is 2. The zero-order valence-corrected chi connectivity index (χ0v) is 15.5. The number of carboxylic acids is 1. The van der Waals surface area contributed by atoms with Crippen molar-refractivity contribution in [1.82, 2.24) is 4.90 Å². The molecule has 3 N–H and O–H groups in total. The van der Waals surface area contributed by atoms with Crippen molar-refractivity contribution in [2.24, 2.45) is 5.73 Å². The van der Waals surface area contributed by atoms with Crippen molar-refractivity contribution in [2.75, 3.05) is 26.3 Å². The van der Waals surface area contributed by atoms with Gasteiger partial charge in [-0.1, -0.05) is 36.4 Å². The lowest BCUT2D eigenvalue weighted by Crippen LogP contribution is -2.41. The minimum absolute atomic E-state index is 0.0692. The minimum Gasteiger partial charge on any atom is -0.489 e. The number of carboxylic acid groups (broad SMARTS) is 1. The van der Waals surface area contributed by atoms with E-state index in [0.717, 1.165) is 5.56 Å². The summed E-state index contributed by atoms with van der Waals surface area (Å²) >= 11 is 0. The third-order valence-corrected chi connectivity index (χ3v) is 4.62. The normalized spacial score (nSPS) is 15.1. The van der Waals surface area contributed by atoms with Gasteiger partial charge in [0, 0.05) is 18.7 Å². The highest BCUT2D eigenvalue weighted by Crippen LogP contribution is 2.22. The van der Waals surface area contributed by atoms with Gasteiger partial charge < -0.3 is 25.2 Å². The predicted molar refractivity (Wildman–Crippen MR) is 103 cm³/mol. The average Bonchev–Trinajstić information content (AvgIpc) is 2.73. The molecular weight excluding hydrogens is 360 g/mol. The summed E-state index contributed by atoms with van der Waals surface area (Å²) in [7, 11) is 0. The number of aliphatic carboxylic acids is 1. The zero-order chi connectivity index (χ0) is 19.9. The van der Waals surface area contributed by atoms with Gasteiger partial charge in [0.05, 0.1) is 13.2 Å². The Kier molecular flexibility index (Phi) is 6.62. The Balaban J connectivity index is 1.82. The van der Waals surface area contributed by atoms with E-state index in [1.165, 1.54) is 0 Å². The van der Waals surface area contributed by atoms with Crippen molar-refractivity contribution in [3.8, 4) is 5.75 Å². The van der Waals surface area contributed by atoms with Crippen LogP contribution in [0.2, 0.25) is 0 Å². The second-order valence-electron chi connectivity index (χ2n) is 6.65. The molecule has 0 bridgehead atoms. The van der Waals surface area contributed by atoms with Crippen molar-refractivity contribution in [1.29, 1.82) is 0 Å². The molecule has 0 aromatic heterocycles. The first-order chi connectivity index (χ1) is 13.5. The Morgan fingerprint density at radius 3 is 2.54 bits per heavy atom. The van der Waals surface area contributed by atoms with Gasteiger partial charge in [-0.25, -0.2) is 0 Å². The molecule has 0 aliphatic carbocycles. The van der Waals surface area contributed by atoms with Gasteiger partial charge in [0.1, 0.15) is 18.4 Å². The molecule has 7 nitrogen and oxygen atoms in total. The minimum atomic E-state index is -1.10. The predicted octanol–water partition coefficient (Wildman–Crippen LogP) is 1.69.